The Kier molecular flexibility index (Phi) is 5.76. The Morgan fingerprint density at radius 1 is 1.33 bits per heavy atom. The van der Waals surface area contributed by atoms with Crippen molar-refractivity contribution in [1.29, 1.82) is 0 Å². The van der Waals surface area contributed by atoms with Crippen molar-refractivity contribution in [3.63, 3.8) is 0 Å². The molecule has 0 saturated carbocycles. The molecule has 1 unspecified atom stereocenters. The first-order valence-electron chi connectivity index (χ1n) is 7.22. The molecule has 0 saturated heterocycles. The number of nitrogens with one attached hydrogen (secondary N) is 1. The van der Waals surface area contributed by atoms with Crippen LogP contribution in [0.3, 0.4) is 0 Å². The van der Waals surface area contributed by atoms with Gasteiger partial charge in [0.15, 0.2) is 0 Å². The largest absolute Gasteiger partial charge is 0.496 e. The highest BCUT2D eigenvalue weighted by atomic mass is 32.2. The fourth-order valence-corrected chi connectivity index (χ4v) is 3.22. The predicted molar refractivity (Wildman–Crippen MR) is 88.1 cm³/mol. The number of aryl methyl sites for hydroxylation is 1. The molecule has 0 aliphatic carbocycles. The summed E-state index contributed by atoms with van der Waals surface area (Å²) in [7, 11) is 1.72. The van der Waals surface area contributed by atoms with Gasteiger partial charge in [-0.3, -0.25) is 0 Å². The molecule has 0 bridgehead atoms. The first-order chi connectivity index (χ1) is 10.2. The normalized spacial score (nSPS) is 12.4. The van der Waals surface area contributed by atoms with E-state index < -0.39 is 0 Å². The molecule has 1 atom stereocenters. The number of hydrogen-bond donors (Lipinski definition) is 1. The number of rotatable bonds is 7. The average molecular weight is 305 g/mol. The van der Waals surface area contributed by atoms with E-state index in [0.29, 0.717) is 6.04 Å². The van der Waals surface area contributed by atoms with Crippen molar-refractivity contribution < 1.29 is 9.15 Å². The Morgan fingerprint density at radius 3 is 2.76 bits per heavy atom. The van der Waals surface area contributed by atoms with Gasteiger partial charge >= 0.3 is 0 Å². The predicted octanol–water partition coefficient (Wildman–Crippen LogP) is 4.56. The summed E-state index contributed by atoms with van der Waals surface area (Å²) in [5, 5.41) is 3.44. The number of benzene rings is 1. The molecule has 1 heterocycles. The van der Waals surface area contributed by atoms with E-state index in [4.69, 9.17) is 9.15 Å². The standard InChI is InChI=1S/C17H23NO2S/c1-5-18-12(2)14-6-7-16(19-4)15(10-14)11-21-17-8-9-20-13(17)3/h6-10,12,18H,5,11H2,1-4H3. The Bertz CT molecular complexity index is 580. The average Bonchev–Trinajstić information content (AvgIpc) is 2.90. The van der Waals surface area contributed by atoms with Crippen LogP contribution in [0, 0.1) is 6.92 Å². The van der Waals surface area contributed by atoms with Gasteiger partial charge in [0.05, 0.1) is 13.4 Å². The zero-order valence-corrected chi connectivity index (χ0v) is 13.9. The SMILES string of the molecule is CCNC(C)c1ccc(OC)c(CSc2ccoc2C)c1. The lowest BCUT2D eigenvalue weighted by molar-refractivity contribution is 0.411. The second kappa shape index (κ2) is 7.57. The van der Waals surface area contributed by atoms with Crippen LogP contribution < -0.4 is 10.1 Å². The van der Waals surface area contributed by atoms with Gasteiger partial charge < -0.3 is 14.5 Å². The molecule has 114 valence electrons. The lowest BCUT2D eigenvalue weighted by Crippen LogP contribution is -2.17. The third-order valence-corrected chi connectivity index (χ3v) is 4.70. The van der Waals surface area contributed by atoms with Crippen LogP contribution >= 0.6 is 11.8 Å². The van der Waals surface area contributed by atoms with Crippen LogP contribution in [0.15, 0.2) is 39.8 Å². The van der Waals surface area contributed by atoms with Crippen molar-refractivity contribution in [2.45, 2.75) is 37.5 Å². The van der Waals surface area contributed by atoms with E-state index in [2.05, 4.69) is 37.4 Å². The maximum Gasteiger partial charge on any atom is 0.122 e. The highest BCUT2D eigenvalue weighted by molar-refractivity contribution is 7.98. The second-order valence-corrected chi connectivity index (χ2v) is 6.00. The van der Waals surface area contributed by atoms with Crippen molar-refractivity contribution in [3.8, 4) is 5.75 Å². The lowest BCUT2D eigenvalue weighted by Gasteiger charge is -2.16. The van der Waals surface area contributed by atoms with Gasteiger partial charge in [-0.05, 0) is 44.2 Å². The molecule has 0 fully saturated rings. The molecule has 0 amide bonds. The minimum absolute atomic E-state index is 0.348. The Morgan fingerprint density at radius 2 is 2.14 bits per heavy atom. The molecular formula is C17H23NO2S. The fourth-order valence-electron chi connectivity index (χ4n) is 2.28. The van der Waals surface area contributed by atoms with Crippen LogP contribution in [-0.4, -0.2) is 13.7 Å². The topological polar surface area (TPSA) is 34.4 Å². The van der Waals surface area contributed by atoms with E-state index in [1.807, 2.05) is 13.0 Å². The number of furan rings is 1. The van der Waals surface area contributed by atoms with Crippen LogP contribution in [-0.2, 0) is 5.75 Å². The first kappa shape index (κ1) is 16.0. The summed E-state index contributed by atoms with van der Waals surface area (Å²) in [6.07, 6.45) is 1.73. The fraction of sp³-hybridized carbons (Fsp3) is 0.412. The number of hydrogen-bond acceptors (Lipinski definition) is 4. The minimum Gasteiger partial charge on any atom is -0.496 e. The maximum atomic E-state index is 5.48. The van der Waals surface area contributed by atoms with E-state index >= 15 is 0 Å². The summed E-state index contributed by atoms with van der Waals surface area (Å²) in [4.78, 5) is 1.18. The van der Waals surface area contributed by atoms with Crippen molar-refractivity contribution in [2.24, 2.45) is 0 Å². The molecule has 0 aliphatic rings. The molecule has 1 aromatic heterocycles. The van der Waals surface area contributed by atoms with Crippen LogP contribution in [0.25, 0.3) is 0 Å². The third kappa shape index (κ3) is 4.05. The smallest absolute Gasteiger partial charge is 0.122 e. The first-order valence-corrected chi connectivity index (χ1v) is 8.21. The van der Waals surface area contributed by atoms with Crippen molar-refractivity contribution in [3.05, 3.63) is 47.4 Å². The van der Waals surface area contributed by atoms with E-state index in [1.54, 1.807) is 25.1 Å². The van der Waals surface area contributed by atoms with Gasteiger partial charge in [-0.25, -0.2) is 0 Å². The summed E-state index contributed by atoms with van der Waals surface area (Å²) < 4.78 is 10.8. The molecule has 0 aliphatic heterocycles. The van der Waals surface area contributed by atoms with E-state index in [-0.39, 0.29) is 0 Å². The van der Waals surface area contributed by atoms with E-state index in [1.165, 1.54) is 16.0 Å². The number of methoxy groups -OCH3 is 1. The summed E-state index contributed by atoms with van der Waals surface area (Å²) >= 11 is 1.78. The Balaban J connectivity index is 2.15. The van der Waals surface area contributed by atoms with Crippen molar-refractivity contribution >= 4 is 11.8 Å². The second-order valence-electron chi connectivity index (χ2n) is 4.98. The molecular weight excluding hydrogens is 282 g/mol. The summed E-state index contributed by atoms with van der Waals surface area (Å²) in [6.45, 7) is 7.26. The van der Waals surface area contributed by atoms with Gasteiger partial charge in [-0.2, -0.15) is 0 Å². The molecule has 0 radical (unpaired) electrons. The third-order valence-electron chi connectivity index (χ3n) is 3.51. The summed E-state index contributed by atoms with van der Waals surface area (Å²) in [5.74, 6) is 2.78. The van der Waals surface area contributed by atoms with Crippen molar-refractivity contribution in [1.82, 2.24) is 5.32 Å². The Hall–Kier alpha value is -1.39. The van der Waals surface area contributed by atoms with Crippen molar-refractivity contribution in [2.75, 3.05) is 13.7 Å². The minimum atomic E-state index is 0.348. The summed E-state index contributed by atoms with van der Waals surface area (Å²) in [6, 6.07) is 8.77. The molecule has 21 heavy (non-hydrogen) atoms. The van der Waals surface area contributed by atoms with Gasteiger partial charge in [0.25, 0.3) is 0 Å². The molecule has 1 N–H and O–H groups in total. The molecule has 2 rings (SSSR count). The molecule has 3 nitrogen and oxygen atoms in total. The van der Waals surface area contributed by atoms with Crippen LogP contribution in [0.2, 0.25) is 0 Å². The van der Waals surface area contributed by atoms with Crippen LogP contribution in [0.5, 0.6) is 5.75 Å². The maximum absolute atomic E-state index is 5.48. The van der Waals surface area contributed by atoms with E-state index in [9.17, 15) is 0 Å². The highest BCUT2D eigenvalue weighted by Crippen LogP contribution is 2.32. The molecule has 2 aromatic rings. The van der Waals surface area contributed by atoms with Gasteiger partial charge in [-0.1, -0.05) is 13.0 Å². The lowest BCUT2D eigenvalue weighted by atomic mass is 10.0. The molecule has 1 aromatic carbocycles. The zero-order chi connectivity index (χ0) is 15.2. The summed E-state index contributed by atoms with van der Waals surface area (Å²) in [5.41, 5.74) is 2.50. The van der Waals surface area contributed by atoms with Crippen LogP contribution in [0.1, 0.15) is 36.8 Å². The van der Waals surface area contributed by atoms with Gasteiger partial charge in [0.1, 0.15) is 11.5 Å². The number of ether oxygens (including phenoxy) is 1. The van der Waals surface area contributed by atoms with Crippen LogP contribution in [0.4, 0.5) is 0 Å². The molecule has 4 heteroatoms. The zero-order valence-electron chi connectivity index (χ0n) is 13.1. The quantitative estimate of drug-likeness (QED) is 0.760. The molecule has 0 spiro atoms. The van der Waals surface area contributed by atoms with E-state index in [0.717, 1.165) is 23.8 Å². The van der Waals surface area contributed by atoms with Gasteiger partial charge in [-0.15, -0.1) is 11.8 Å². The van der Waals surface area contributed by atoms with Gasteiger partial charge in [0, 0.05) is 22.3 Å². The monoisotopic (exact) mass is 305 g/mol. The van der Waals surface area contributed by atoms with Gasteiger partial charge in [0.2, 0.25) is 0 Å². The highest BCUT2D eigenvalue weighted by Gasteiger charge is 2.10. The number of thioether (sulfide) groups is 1. The Labute approximate surface area is 131 Å².